The van der Waals surface area contributed by atoms with E-state index in [2.05, 4.69) is 10.3 Å². The van der Waals surface area contributed by atoms with E-state index in [1.54, 1.807) is 29.4 Å². The van der Waals surface area contributed by atoms with Gasteiger partial charge in [-0.1, -0.05) is 12.1 Å². The van der Waals surface area contributed by atoms with E-state index in [0.29, 0.717) is 37.6 Å². The van der Waals surface area contributed by atoms with Crippen molar-refractivity contribution in [1.29, 1.82) is 0 Å². The summed E-state index contributed by atoms with van der Waals surface area (Å²) in [5.74, 6) is -0.345. The molecule has 0 unspecified atom stereocenters. The number of hydrogen-bond acceptors (Lipinski definition) is 5. The van der Waals surface area contributed by atoms with Gasteiger partial charge in [0.25, 0.3) is 0 Å². The number of likely N-dealkylation sites (tertiary alicyclic amines) is 1. The van der Waals surface area contributed by atoms with Crippen LogP contribution >= 0.6 is 0 Å². The highest BCUT2D eigenvalue weighted by molar-refractivity contribution is 5.96. The Morgan fingerprint density at radius 2 is 2.30 bits per heavy atom. The van der Waals surface area contributed by atoms with E-state index >= 15 is 0 Å². The average molecular weight is 367 g/mol. The van der Waals surface area contributed by atoms with Crippen molar-refractivity contribution in [3.8, 4) is 0 Å². The summed E-state index contributed by atoms with van der Waals surface area (Å²) in [7, 11) is 0. The lowest BCUT2D eigenvalue weighted by Crippen LogP contribution is -2.45. The smallest absolute Gasteiger partial charge is 0.338 e. The van der Waals surface area contributed by atoms with Gasteiger partial charge in [0.1, 0.15) is 6.61 Å². The Balaban J connectivity index is 1.33. The molecular weight excluding hydrogens is 346 g/mol. The molecule has 1 fully saturated rings. The standard InChI is InChI=1S/C20H21N3O4/c24-19-18-9-16(6-5-15(18)13-27-19)22-20(25)23-8-2-4-17(11-23)26-12-14-3-1-7-21-10-14/h1,3,5-7,9-10,17H,2,4,8,11-13H2,(H,22,25)/t17-/m0/s1. The van der Waals surface area contributed by atoms with Gasteiger partial charge < -0.3 is 19.7 Å². The summed E-state index contributed by atoms with van der Waals surface area (Å²) >= 11 is 0. The Morgan fingerprint density at radius 3 is 3.15 bits per heavy atom. The molecule has 7 heteroatoms. The van der Waals surface area contributed by atoms with Crippen LogP contribution in [0.1, 0.15) is 34.3 Å². The van der Waals surface area contributed by atoms with Crippen molar-refractivity contribution in [3.63, 3.8) is 0 Å². The summed E-state index contributed by atoms with van der Waals surface area (Å²) in [4.78, 5) is 30.1. The quantitative estimate of drug-likeness (QED) is 0.841. The van der Waals surface area contributed by atoms with Crippen LogP contribution in [0.3, 0.4) is 0 Å². The Bertz CT molecular complexity index is 840. The molecule has 0 bridgehead atoms. The first-order chi connectivity index (χ1) is 13.2. The molecule has 1 N–H and O–H groups in total. The van der Waals surface area contributed by atoms with Crippen LogP contribution in [0.25, 0.3) is 0 Å². The topological polar surface area (TPSA) is 80.8 Å². The summed E-state index contributed by atoms with van der Waals surface area (Å²) in [5, 5.41) is 2.87. The fourth-order valence-corrected chi connectivity index (χ4v) is 3.35. The zero-order valence-corrected chi connectivity index (χ0v) is 14.9. The number of cyclic esters (lactones) is 1. The predicted octanol–water partition coefficient (Wildman–Crippen LogP) is 2.97. The second kappa shape index (κ2) is 7.75. The SMILES string of the molecule is O=C1OCc2ccc(NC(=O)N3CCC[C@H](OCc4cccnc4)C3)cc21. The minimum absolute atomic E-state index is 0.000274. The number of nitrogens with one attached hydrogen (secondary N) is 1. The molecule has 1 aromatic carbocycles. The molecule has 0 spiro atoms. The number of pyridine rings is 1. The minimum atomic E-state index is -0.345. The summed E-state index contributed by atoms with van der Waals surface area (Å²) in [6.07, 6.45) is 5.33. The van der Waals surface area contributed by atoms with Gasteiger partial charge in [-0.2, -0.15) is 0 Å². The van der Waals surface area contributed by atoms with Crippen LogP contribution in [-0.4, -0.2) is 41.1 Å². The Labute approximate surface area is 157 Å². The molecule has 1 saturated heterocycles. The zero-order valence-electron chi connectivity index (χ0n) is 14.9. The summed E-state index contributed by atoms with van der Waals surface area (Å²) in [5.41, 5.74) is 2.98. The molecule has 2 aliphatic rings. The van der Waals surface area contributed by atoms with Crippen molar-refractivity contribution < 1.29 is 19.1 Å². The van der Waals surface area contributed by atoms with Crippen LogP contribution in [0.15, 0.2) is 42.7 Å². The Morgan fingerprint density at radius 1 is 1.37 bits per heavy atom. The molecule has 0 radical (unpaired) electrons. The van der Waals surface area contributed by atoms with Gasteiger partial charge in [0.05, 0.1) is 18.3 Å². The highest BCUT2D eigenvalue weighted by Crippen LogP contribution is 2.24. The van der Waals surface area contributed by atoms with Crippen LogP contribution in [-0.2, 0) is 22.7 Å². The predicted molar refractivity (Wildman–Crippen MR) is 98.2 cm³/mol. The highest BCUT2D eigenvalue weighted by atomic mass is 16.5. The second-order valence-electron chi connectivity index (χ2n) is 6.76. The third kappa shape index (κ3) is 4.09. The van der Waals surface area contributed by atoms with Gasteiger partial charge >= 0.3 is 12.0 Å². The van der Waals surface area contributed by atoms with Crippen LogP contribution in [0.2, 0.25) is 0 Å². The summed E-state index contributed by atoms with van der Waals surface area (Å²) in [6.45, 7) is 2.01. The maximum atomic E-state index is 12.6. The van der Waals surface area contributed by atoms with Gasteiger partial charge in [-0.15, -0.1) is 0 Å². The lowest BCUT2D eigenvalue weighted by atomic mass is 10.1. The molecule has 0 aliphatic carbocycles. The minimum Gasteiger partial charge on any atom is -0.457 e. The van der Waals surface area contributed by atoms with Crippen LogP contribution in [0.4, 0.5) is 10.5 Å². The lowest BCUT2D eigenvalue weighted by Gasteiger charge is -2.32. The number of piperidine rings is 1. The molecule has 0 saturated carbocycles. The molecule has 2 aromatic rings. The third-order valence-electron chi connectivity index (χ3n) is 4.81. The van der Waals surface area contributed by atoms with Gasteiger partial charge in [-0.3, -0.25) is 4.98 Å². The lowest BCUT2D eigenvalue weighted by molar-refractivity contribution is 0.000916. The van der Waals surface area contributed by atoms with Crippen molar-refractivity contribution in [3.05, 3.63) is 59.4 Å². The van der Waals surface area contributed by atoms with Gasteiger partial charge in [-0.05, 0) is 36.6 Å². The number of fused-ring (bicyclic) bond motifs is 1. The van der Waals surface area contributed by atoms with Crippen molar-refractivity contribution in [2.45, 2.75) is 32.2 Å². The maximum Gasteiger partial charge on any atom is 0.338 e. The van der Waals surface area contributed by atoms with E-state index in [9.17, 15) is 9.59 Å². The fraction of sp³-hybridized carbons (Fsp3) is 0.350. The van der Waals surface area contributed by atoms with Crippen LogP contribution < -0.4 is 5.32 Å². The number of carbonyl (C=O) groups excluding carboxylic acids is 2. The molecule has 2 aliphatic heterocycles. The van der Waals surface area contributed by atoms with Gasteiger partial charge in [-0.25, -0.2) is 9.59 Å². The van der Waals surface area contributed by atoms with Crippen molar-refractivity contribution in [2.75, 3.05) is 18.4 Å². The number of benzene rings is 1. The van der Waals surface area contributed by atoms with Gasteiger partial charge in [0, 0.05) is 36.7 Å². The largest absolute Gasteiger partial charge is 0.457 e. The number of nitrogens with zero attached hydrogens (tertiary/aromatic N) is 2. The van der Waals surface area contributed by atoms with Crippen molar-refractivity contribution >= 4 is 17.7 Å². The monoisotopic (exact) mass is 367 g/mol. The van der Waals surface area contributed by atoms with Gasteiger partial charge in [0.2, 0.25) is 0 Å². The molecule has 27 heavy (non-hydrogen) atoms. The van der Waals surface area contributed by atoms with E-state index in [4.69, 9.17) is 9.47 Å². The van der Waals surface area contributed by atoms with Crippen molar-refractivity contribution in [2.24, 2.45) is 0 Å². The molecule has 4 rings (SSSR count). The van der Waals surface area contributed by atoms with E-state index < -0.39 is 0 Å². The number of rotatable bonds is 4. The average Bonchev–Trinajstić information content (AvgIpc) is 3.08. The normalized spacial score (nSPS) is 18.7. The van der Waals surface area contributed by atoms with E-state index in [-0.39, 0.29) is 18.1 Å². The third-order valence-corrected chi connectivity index (χ3v) is 4.81. The number of esters is 1. The Hall–Kier alpha value is -2.93. The first kappa shape index (κ1) is 17.5. The van der Waals surface area contributed by atoms with Crippen molar-refractivity contribution in [1.82, 2.24) is 9.88 Å². The number of anilines is 1. The molecule has 3 heterocycles. The maximum absolute atomic E-state index is 12.6. The molecule has 7 nitrogen and oxygen atoms in total. The van der Waals surface area contributed by atoms with Crippen LogP contribution in [0, 0.1) is 0 Å². The first-order valence-corrected chi connectivity index (χ1v) is 9.05. The molecule has 140 valence electrons. The molecule has 1 aromatic heterocycles. The second-order valence-corrected chi connectivity index (χ2v) is 6.76. The van der Waals surface area contributed by atoms with E-state index in [0.717, 1.165) is 24.0 Å². The van der Waals surface area contributed by atoms with Gasteiger partial charge in [0.15, 0.2) is 0 Å². The number of carbonyl (C=O) groups is 2. The molecule has 1 atom stereocenters. The number of hydrogen-bond donors (Lipinski definition) is 1. The number of ether oxygens (including phenoxy) is 2. The Kier molecular flexibility index (Phi) is 5.02. The fourth-order valence-electron chi connectivity index (χ4n) is 3.35. The number of amides is 2. The van der Waals surface area contributed by atoms with Crippen LogP contribution in [0.5, 0.6) is 0 Å². The molecular formula is C20H21N3O4. The summed E-state index contributed by atoms with van der Waals surface area (Å²) in [6, 6.07) is 8.94. The highest BCUT2D eigenvalue weighted by Gasteiger charge is 2.25. The van der Waals surface area contributed by atoms with E-state index in [1.807, 2.05) is 18.2 Å². The number of urea groups is 1. The molecule has 2 amide bonds. The zero-order chi connectivity index (χ0) is 18.6. The summed E-state index contributed by atoms with van der Waals surface area (Å²) < 4.78 is 10.9. The van der Waals surface area contributed by atoms with E-state index in [1.165, 1.54) is 0 Å². The number of aromatic nitrogens is 1. The first-order valence-electron chi connectivity index (χ1n) is 9.05.